The zero-order valence-corrected chi connectivity index (χ0v) is 12.3. The number of hydrogen-bond acceptors (Lipinski definition) is 5. The number of amides is 1. The summed E-state index contributed by atoms with van der Waals surface area (Å²) in [6.07, 6.45) is 1.89. The van der Waals surface area contributed by atoms with Crippen molar-refractivity contribution in [3.63, 3.8) is 0 Å². The van der Waals surface area contributed by atoms with E-state index >= 15 is 0 Å². The molecule has 1 unspecified atom stereocenters. The van der Waals surface area contributed by atoms with Crippen molar-refractivity contribution in [1.29, 1.82) is 0 Å². The van der Waals surface area contributed by atoms with E-state index in [1.165, 1.54) is 24.3 Å². The molecule has 2 rings (SSSR count). The van der Waals surface area contributed by atoms with Crippen molar-refractivity contribution < 1.29 is 14.5 Å². The number of rotatable bonds is 5. The van der Waals surface area contributed by atoms with E-state index in [1.807, 2.05) is 0 Å². The summed E-state index contributed by atoms with van der Waals surface area (Å²) in [6.45, 7) is 1.10. The van der Waals surface area contributed by atoms with Gasteiger partial charge in [0.2, 0.25) is 0 Å². The molecule has 0 aliphatic carbocycles. The van der Waals surface area contributed by atoms with Gasteiger partial charge in [0.15, 0.2) is 6.61 Å². The van der Waals surface area contributed by atoms with Gasteiger partial charge in [-0.1, -0.05) is 0 Å². The fourth-order valence-electron chi connectivity index (χ4n) is 2.30. The summed E-state index contributed by atoms with van der Waals surface area (Å²) in [5, 5.41) is 10.5. The Morgan fingerprint density at radius 1 is 1.43 bits per heavy atom. The molecule has 1 fully saturated rings. The molecule has 0 bridgehead atoms. The topological polar surface area (TPSA) is 98.7 Å². The summed E-state index contributed by atoms with van der Waals surface area (Å²) in [5.74, 6) is 0.337. The summed E-state index contributed by atoms with van der Waals surface area (Å²) in [4.78, 5) is 23.8. The number of non-ortho nitro benzene ring substituents is 1. The van der Waals surface area contributed by atoms with E-state index in [4.69, 9.17) is 10.5 Å². The van der Waals surface area contributed by atoms with Gasteiger partial charge in [0.1, 0.15) is 5.75 Å². The predicted molar refractivity (Wildman–Crippen MR) is 79.6 cm³/mol. The smallest absolute Gasteiger partial charge is 0.269 e. The molecule has 7 nitrogen and oxygen atoms in total. The van der Waals surface area contributed by atoms with E-state index in [0.717, 1.165) is 12.8 Å². The van der Waals surface area contributed by atoms with Crippen LogP contribution >= 0.6 is 12.4 Å². The zero-order chi connectivity index (χ0) is 14.5. The quantitative estimate of drug-likeness (QED) is 0.653. The number of nitro benzene ring substituents is 1. The van der Waals surface area contributed by atoms with Crippen molar-refractivity contribution in [1.82, 2.24) is 4.90 Å². The van der Waals surface area contributed by atoms with Crippen molar-refractivity contribution in [2.45, 2.75) is 18.9 Å². The van der Waals surface area contributed by atoms with Crippen molar-refractivity contribution in [3.05, 3.63) is 34.4 Å². The molecule has 8 heteroatoms. The molecule has 1 aromatic carbocycles. The lowest BCUT2D eigenvalue weighted by Crippen LogP contribution is -2.42. The van der Waals surface area contributed by atoms with Crippen LogP contribution in [-0.4, -0.2) is 41.5 Å². The third-order valence-electron chi connectivity index (χ3n) is 3.38. The molecule has 21 heavy (non-hydrogen) atoms. The molecule has 1 aromatic rings. The number of carbonyl (C=O) groups is 1. The Labute approximate surface area is 128 Å². The van der Waals surface area contributed by atoms with Crippen LogP contribution in [-0.2, 0) is 4.79 Å². The Bertz CT molecular complexity index is 495. The molecule has 0 saturated carbocycles. The van der Waals surface area contributed by atoms with E-state index in [-0.39, 0.29) is 36.7 Å². The second-order valence-electron chi connectivity index (χ2n) is 4.66. The standard InChI is InChI=1S/C13H17N3O4.ClH/c14-8-11-2-1-7-15(11)13(17)9-20-12-5-3-10(4-6-12)16(18)19;/h3-6,11H,1-2,7-9,14H2;1H. The molecule has 1 saturated heterocycles. The molecule has 1 aliphatic heterocycles. The van der Waals surface area contributed by atoms with E-state index in [0.29, 0.717) is 18.8 Å². The van der Waals surface area contributed by atoms with Crippen LogP contribution in [0, 0.1) is 10.1 Å². The van der Waals surface area contributed by atoms with Gasteiger partial charge in [0, 0.05) is 31.3 Å². The predicted octanol–water partition coefficient (Wildman–Crippen LogP) is 1.35. The molecule has 1 amide bonds. The van der Waals surface area contributed by atoms with Crippen LogP contribution in [0.25, 0.3) is 0 Å². The van der Waals surface area contributed by atoms with Crippen LogP contribution in [0.15, 0.2) is 24.3 Å². The van der Waals surface area contributed by atoms with Crippen LogP contribution < -0.4 is 10.5 Å². The van der Waals surface area contributed by atoms with Gasteiger partial charge in [-0.25, -0.2) is 0 Å². The largest absolute Gasteiger partial charge is 0.484 e. The highest BCUT2D eigenvalue weighted by Gasteiger charge is 2.27. The Morgan fingerprint density at radius 3 is 2.67 bits per heavy atom. The Hall–Kier alpha value is -1.86. The minimum atomic E-state index is -0.481. The molecule has 1 atom stereocenters. The number of nitro groups is 1. The maximum atomic E-state index is 12.0. The molecule has 0 aromatic heterocycles. The first-order chi connectivity index (χ1) is 9.61. The Balaban J connectivity index is 0.00000220. The lowest BCUT2D eigenvalue weighted by atomic mass is 10.2. The molecular formula is C13H18ClN3O4. The van der Waals surface area contributed by atoms with Gasteiger partial charge in [-0.15, -0.1) is 12.4 Å². The number of nitrogens with two attached hydrogens (primary N) is 1. The van der Waals surface area contributed by atoms with Crippen LogP contribution in [0.3, 0.4) is 0 Å². The fourth-order valence-corrected chi connectivity index (χ4v) is 2.30. The van der Waals surface area contributed by atoms with E-state index in [9.17, 15) is 14.9 Å². The molecule has 1 aliphatic rings. The second kappa shape index (κ2) is 7.80. The number of carbonyl (C=O) groups excluding carboxylic acids is 1. The van der Waals surface area contributed by atoms with Gasteiger partial charge in [0.05, 0.1) is 4.92 Å². The van der Waals surface area contributed by atoms with Gasteiger partial charge >= 0.3 is 0 Å². The highest BCUT2D eigenvalue weighted by molar-refractivity contribution is 5.85. The van der Waals surface area contributed by atoms with Crippen molar-refractivity contribution in [2.24, 2.45) is 5.73 Å². The minimum Gasteiger partial charge on any atom is -0.484 e. The average molecular weight is 316 g/mol. The average Bonchev–Trinajstić information content (AvgIpc) is 2.93. The molecule has 1 heterocycles. The first-order valence-corrected chi connectivity index (χ1v) is 6.48. The summed E-state index contributed by atoms with van der Waals surface area (Å²) in [5.41, 5.74) is 5.61. The monoisotopic (exact) mass is 315 g/mol. The highest BCUT2D eigenvalue weighted by atomic mass is 35.5. The van der Waals surface area contributed by atoms with Gasteiger partial charge in [-0.2, -0.15) is 0 Å². The maximum Gasteiger partial charge on any atom is 0.269 e. The summed E-state index contributed by atoms with van der Waals surface area (Å²) in [7, 11) is 0. The van der Waals surface area contributed by atoms with Gasteiger partial charge in [-0.3, -0.25) is 14.9 Å². The van der Waals surface area contributed by atoms with Crippen LogP contribution in [0.5, 0.6) is 5.75 Å². The fraction of sp³-hybridized carbons (Fsp3) is 0.462. The van der Waals surface area contributed by atoms with Crippen LogP contribution in [0.1, 0.15) is 12.8 Å². The number of ether oxygens (including phenoxy) is 1. The first kappa shape index (κ1) is 17.2. The Morgan fingerprint density at radius 2 is 2.10 bits per heavy atom. The van der Waals surface area contributed by atoms with Gasteiger partial charge in [0.25, 0.3) is 11.6 Å². The third kappa shape index (κ3) is 4.30. The number of likely N-dealkylation sites (tertiary alicyclic amines) is 1. The summed E-state index contributed by atoms with van der Waals surface area (Å²) in [6, 6.07) is 5.76. The van der Waals surface area contributed by atoms with Crippen molar-refractivity contribution in [2.75, 3.05) is 19.7 Å². The van der Waals surface area contributed by atoms with Gasteiger partial charge in [-0.05, 0) is 25.0 Å². The molecular weight excluding hydrogens is 298 g/mol. The van der Waals surface area contributed by atoms with Gasteiger partial charge < -0.3 is 15.4 Å². The molecule has 116 valence electrons. The number of benzene rings is 1. The number of hydrogen-bond donors (Lipinski definition) is 1. The van der Waals surface area contributed by atoms with Crippen molar-refractivity contribution >= 4 is 24.0 Å². The third-order valence-corrected chi connectivity index (χ3v) is 3.38. The van der Waals surface area contributed by atoms with Crippen molar-refractivity contribution in [3.8, 4) is 5.75 Å². The lowest BCUT2D eigenvalue weighted by Gasteiger charge is -2.23. The lowest BCUT2D eigenvalue weighted by molar-refractivity contribution is -0.384. The summed E-state index contributed by atoms with van der Waals surface area (Å²) >= 11 is 0. The molecule has 0 spiro atoms. The number of halogens is 1. The van der Waals surface area contributed by atoms with E-state index in [1.54, 1.807) is 4.90 Å². The zero-order valence-electron chi connectivity index (χ0n) is 11.4. The molecule has 2 N–H and O–H groups in total. The van der Waals surface area contributed by atoms with Crippen LogP contribution in [0.2, 0.25) is 0 Å². The highest BCUT2D eigenvalue weighted by Crippen LogP contribution is 2.19. The second-order valence-corrected chi connectivity index (χ2v) is 4.66. The number of nitrogens with zero attached hydrogens (tertiary/aromatic N) is 2. The van der Waals surface area contributed by atoms with E-state index < -0.39 is 4.92 Å². The van der Waals surface area contributed by atoms with Crippen LogP contribution in [0.4, 0.5) is 5.69 Å². The maximum absolute atomic E-state index is 12.0. The first-order valence-electron chi connectivity index (χ1n) is 6.48. The molecule has 0 radical (unpaired) electrons. The minimum absolute atomic E-state index is 0. The van der Waals surface area contributed by atoms with E-state index in [2.05, 4.69) is 0 Å². The normalized spacial score (nSPS) is 17.2. The Kier molecular flexibility index (Phi) is 6.39. The SMILES string of the molecule is Cl.NCC1CCCN1C(=O)COc1ccc([N+](=O)[O-])cc1. The summed E-state index contributed by atoms with van der Waals surface area (Å²) < 4.78 is 5.35.